The number of carbonyl (C=O) groups is 2. The van der Waals surface area contributed by atoms with Gasteiger partial charge in [-0.1, -0.05) is 19.1 Å². The van der Waals surface area contributed by atoms with Crippen LogP contribution in [0.2, 0.25) is 0 Å². The van der Waals surface area contributed by atoms with Crippen LogP contribution in [0.4, 0.5) is 18.9 Å². The predicted octanol–water partition coefficient (Wildman–Crippen LogP) is 2.98. The molecule has 0 spiro atoms. The van der Waals surface area contributed by atoms with Gasteiger partial charge in [0.2, 0.25) is 11.8 Å². The topological polar surface area (TPSA) is 52.7 Å². The molecule has 1 aliphatic rings. The summed E-state index contributed by atoms with van der Waals surface area (Å²) in [5.74, 6) is -0.417. The Morgan fingerprint density at radius 3 is 2.50 bits per heavy atom. The molecule has 0 radical (unpaired) electrons. The van der Waals surface area contributed by atoms with E-state index >= 15 is 0 Å². The van der Waals surface area contributed by atoms with Crippen molar-refractivity contribution in [3.8, 4) is 0 Å². The Bertz CT molecular complexity index is 649. The molecule has 1 saturated heterocycles. The third-order valence-corrected chi connectivity index (χ3v) is 4.60. The van der Waals surface area contributed by atoms with Gasteiger partial charge in [0.25, 0.3) is 0 Å². The van der Waals surface area contributed by atoms with E-state index in [9.17, 15) is 22.8 Å². The lowest BCUT2D eigenvalue weighted by molar-refractivity contribution is -0.137. The molecule has 1 N–H and O–H groups in total. The van der Waals surface area contributed by atoms with Crippen molar-refractivity contribution >= 4 is 17.5 Å². The Hall–Kier alpha value is -2.09. The normalized spacial score (nSPS) is 17.5. The average Bonchev–Trinajstić information content (AvgIpc) is 2.86. The molecule has 0 aliphatic carbocycles. The number of anilines is 1. The van der Waals surface area contributed by atoms with E-state index in [1.807, 2.05) is 4.90 Å². The number of nitrogens with one attached hydrogen (secondary N) is 1. The van der Waals surface area contributed by atoms with Gasteiger partial charge in [-0.3, -0.25) is 14.5 Å². The molecular formula is C18H24F3N3O2. The maximum atomic E-state index is 13.1. The molecule has 1 fully saturated rings. The minimum Gasteiger partial charge on any atom is -0.341 e. The molecule has 2 rings (SSSR count). The van der Waals surface area contributed by atoms with Crippen LogP contribution in [0, 0.1) is 0 Å². The van der Waals surface area contributed by atoms with Gasteiger partial charge < -0.3 is 10.2 Å². The van der Waals surface area contributed by atoms with Gasteiger partial charge in [-0.2, -0.15) is 13.2 Å². The number of carbonyl (C=O) groups excluding carboxylic acids is 2. The summed E-state index contributed by atoms with van der Waals surface area (Å²) in [6.07, 6.45) is -3.37. The zero-order valence-electron chi connectivity index (χ0n) is 15.0. The molecule has 1 aliphatic heterocycles. The maximum absolute atomic E-state index is 13.1. The molecular weight excluding hydrogens is 347 g/mol. The second kappa shape index (κ2) is 8.53. The molecule has 1 heterocycles. The van der Waals surface area contributed by atoms with E-state index in [-0.39, 0.29) is 11.6 Å². The summed E-state index contributed by atoms with van der Waals surface area (Å²) in [7, 11) is 0. The quantitative estimate of drug-likeness (QED) is 0.885. The standard InChI is InChI=1S/C18H24F3N3O2/c1-3-16(25)24-10-6-9-23(11-12-24)13(2)17(26)22-15-8-5-4-7-14(15)18(19,20)21/h4-5,7-8,13H,3,6,9-12H2,1-2H3,(H,22,26). The van der Waals surface area contributed by atoms with Gasteiger partial charge >= 0.3 is 6.18 Å². The monoisotopic (exact) mass is 371 g/mol. The zero-order valence-corrected chi connectivity index (χ0v) is 15.0. The van der Waals surface area contributed by atoms with Gasteiger partial charge in [0.1, 0.15) is 0 Å². The molecule has 144 valence electrons. The van der Waals surface area contributed by atoms with Crippen molar-refractivity contribution in [3.05, 3.63) is 29.8 Å². The van der Waals surface area contributed by atoms with Crippen LogP contribution >= 0.6 is 0 Å². The van der Waals surface area contributed by atoms with Crippen molar-refractivity contribution in [1.29, 1.82) is 0 Å². The SMILES string of the molecule is CCC(=O)N1CCCN(C(C)C(=O)Nc2ccccc2C(F)(F)F)CC1. The highest BCUT2D eigenvalue weighted by molar-refractivity contribution is 5.95. The fourth-order valence-corrected chi connectivity index (χ4v) is 3.04. The summed E-state index contributed by atoms with van der Waals surface area (Å²) in [5, 5.41) is 2.40. The highest BCUT2D eigenvalue weighted by Gasteiger charge is 2.34. The zero-order chi connectivity index (χ0) is 19.3. The average molecular weight is 371 g/mol. The Kier molecular flexibility index (Phi) is 6.63. The maximum Gasteiger partial charge on any atom is 0.418 e. The van der Waals surface area contributed by atoms with Gasteiger partial charge in [0.15, 0.2) is 0 Å². The van der Waals surface area contributed by atoms with E-state index in [0.29, 0.717) is 32.6 Å². The van der Waals surface area contributed by atoms with E-state index < -0.39 is 23.7 Å². The largest absolute Gasteiger partial charge is 0.418 e. The van der Waals surface area contributed by atoms with Crippen LogP contribution in [0.5, 0.6) is 0 Å². The number of rotatable bonds is 4. The van der Waals surface area contributed by atoms with Gasteiger partial charge in [0, 0.05) is 32.6 Å². The molecule has 8 heteroatoms. The van der Waals surface area contributed by atoms with Gasteiger partial charge in [-0.05, 0) is 25.5 Å². The summed E-state index contributed by atoms with van der Waals surface area (Å²) in [4.78, 5) is 28.0. The fourth-order valence-electron chi connectivity index (χ4n) is 3.04. The summed E-state index contributed by atoms with van der Waals surface area (Å²) in [5.41, 5.74) is -1.11. The summed E-state index contributed by atoms with van der Waals surface area (Å²) in [6.45, 7) is 5.75. The van der Waals surface area contributed by atoms with E-state index in [1.165, 1.54) is 18.2 Å². The van der Waals surface area contributed by atoms with E-state index in [4.69, 9.17) is 0 Å². The van der Waals surface area contributed by atoms with Crippen LogP contribution in [-0.4, -0.2) is 53.8 Å². The van der Waals surface area contributed by atoms with Crippen molar-refractivity contribution in [3.63, 3.8) is 0 Å². The van der Waals surface area contributed by atoms with E-state index in [0.717, 1.165) is 12.5 Å². The number of halogens is 3. The smallest absolute Gasteiger partial charge is 0.341 e. The molecule has 0 aromatic heterocycles. The number of para-hydroxylation sites is 1. The molecule has 1 aromatic carbocycles. The minimum atomic E-state index is -4.53. The number of hydrogen-bond acceptors (Lipinski definition) is 3. The molecule has 1 unspecified atom stereocenters. The summed E-state index contributed by atoms with van der Waals surface area (Å²) in [6, 6.07) is 4.34. The van der Waals surface area contributed by atoms with Crippen LogP contribution in [0.25, 0.3) is 0 Å². The molecule has 1 atom stereocenters. The highest BCUT2D eigenvalue weighted by atomic mass is 19.4. The molecule has 1 aromatic rings. The Labute approximate surface area is 151 Å². The molecule has 26 heavy (non-hydrogen) atoms. The number of benzene rings is 1. The van der Waals surface area contributed by atoms with Crippen LogP contribution in [0.3, 0.4) is 0 Å². The van der Waals surface area contributed by atoms with Gasteiger partial charge in [-0.15, -0.1) is 0 Å². The Morgan fingerprint density at radius 1 is 1.15 bits per heavy atom. The van der Waals surface area contributed by atoms with Crippen molar-refractivity contribution in [2.45, 2.75) is 38.9 Å². The number of hydrogen-bond donors (Lipinski definition) is 1. The third-order valence-electron chi connectivity index (χ3n) is 4.60. The lowest BCUT2D eigenvalue weighted by Gasteiger charge is -2.27. The van der Waals surface area contributed by atoms with Crippen molar-refractivity contribution in [1.82, 2.24) is 9.80 Å². The van der Waals surface area contributed by atoms with Crippen molar-refractivity contribution < 1.29 is 22.8 Å². The minimum absolute atomic E-state index is 0.0723. The first-order valence-electron chi connectivity index (χ1n) is 8.73. The van der Waals surface area contributed by atoms with Crippen LogP contribution < -0.4 is 5.32 Å². The van der Waals surface area contributed by atoms with Crippen molar-refractivity contribution in [2.24, 2.45) is 0 Å². The molecule has 0 saturated carbocycles. The first kappa shape index (κ1) is 20.2. The second-order valence-corrected chi connectivity index (χ2v) is 6.33. The second-order valence-electron chi connectivity index (χ2n) is 6.33. The first-order valence-corrected chi connectivity index (χ1v) is 8.73. The number of alkyl halides is 3. The van der Waals surface area contributed by atoms with E-state index in [1.54, 1.807) is 18.7 Å². The highest BCUT2D eigenvalue weighted by Crippen LogP contribution is 2.34. The first-order chi connectivity index (χ1) is 12.2. The van der Waals surface area contributed by atoms with Gasteiger partial charge in [0.05, 0.1) is 17.3 Å². The summed E-state index contributed by atoms with van der Waals surface area (Å²) >= 11 is 0. The van der Waals surface area contributed by atoms with E-state index in [2.05, 4.69) is 5.32 Å². The van der Waals surface area contributed by atoms with Gasteiger partial charge in [-0.25, -0.2) is 0 Å². The third kappa shape index (κ3) is 4.97. The van der Waals surface area contributed by atoms with Crippen LogP contribution in [0.1, 0.15) is 32.3 Å². The molecule has 2 amide bonds. The Balaban J connectivity index is 2.03. The fraction of sp³-hybridized carbons (Fsp3) is 0.556. The van der Waals surface area contributed by atoms with Crippen LogP contribution in [-0.2, 0) is 15.8 Å². The molecule has 0 bridgehead atoms. The molecule has 5 nitrogen and oxygen atoms in total. The number of nitrogens with zero attached hydrogens (tertiary/aromatic N) is 2. The summed E-state index contributed by atoms with van der Waals surface area (Å²) < 4.78 is 39.2. The van der Waals surface area contributed by atoms with Crippen molar-refractivity contribution in [2.75, 3.05) is 31.5 Å². The lowest BCUT2D eigenvalue weighted by Crippen LogP contribution is -2.44. The Morgan fingerprint density at radius 2 is 1.85 bits per heavy atom. The predicted molar refractivity (Wildman–Crippen MR) is 92.6 cm³/mol. The number of amides is 2. The lowest BCUT2D eigenvalue weighted by atomic mass is 10.1. The van der Waals surface area contributed by atoms with Crippen LogP contribution in [0.15, 0.2) is 24.3 Å².